The van der Waals surface area contributed by atoms with Gasteiger partial charge in [0.2, 0.25) is 15.9 Å². The van der Waals surface area contributed by atoms with Crippen LogP contribution in [0.3, 0.4) is 0 Å². The first-order chi connectivity index (χ1) is 13.6. The van der Waals surface area contributed by atoms with Gasteiger partial charge < -0.3 is 10.1 Å². The Kier molecular flexibility index (Phi) is 7.93. The Morgan fingerprint density at radius 1 is 1.24 bits per heavy atom. The first kappa shape index (κ1) is 23.0. The van der Waals surface area contributed by atoms with Gasteiger partial charge in [-0.15, -0.1) is 0 Å². The van der Waals surface area contributed by atoms with E-state index in [0.717, 1.165) is 23.4 Å². The summed E-state index contributed by atoms with van der Waals surface area (Å²) in [5, 5.41) is 3.17. The summed E-state index contributed by atoms with van der Waals surface area (Å²) in [5.41, 5.74) is 2.62. The predicted octanol–water partition coefficient (Wildman–Crippen LogP) is 3.56. The maximum atomic E-state index is 12.7. The lowest BCUT2D eigenvalue weighted by Gasteiger charge is -2.29. The monoisotopic (exact) mass is 438 g/mol. The third-order valence-corrected chi connectivity index (χ3v) is 5.95. The molecule has 0 aromatic heterocycles. The van der Waals surface area contributed by atoms with Crippen molar-refractivity contribution >= 4 is 33.2 Å². The van der Waals surface area contributed by atoms with Crippen molar-refractivity contribution in [1.29, 1.82) is 0 Å². The van der Waals surface area contributed by atoms with E-state index < -0.39 is 16.1 Å². The van der Waals surface area contributed by atoms with Gasteiger partial charge in [-0.1, -0.05) is 41.4 Å². The average Bonchev–Trinajstić information content (AvgIpc) is 2.64. The molecule has 0 fully saturated rings. The first-order valence-corrected chi connectivity index (χ1v) is 11.5. The van der Waals surface area contributed by atoms with E-state index in [0.29, 0.717) is 17.3 Å². The zero-order chi connectivity index (χ0) is 21.6. The van der Waals surface area contributed by atoms with Crippen LogP contribution in [0.2, 0.25) is 5.02 Å². The highest BCUT2D eigenvalue weighted by molar-refractivity contribution is 7.92. The molecule has 0 unspecified atom stereocenters. The molecule has 6 nitrogen and oxygen atoms in total. The molecule has 1 atom stereocenters. The zero-order valence-corrected chi connectivity index (χ0v) is 18.7. The van der Waals surface area contributed by atoms with Crippen molar-refractivity contribution in [2.24, 2.45) is 0 Å². The lowest BCUT2D eigenvalue weighted by Crippen LogP contribution is -2.48. The maximum absolute atomic E-state index is 12.7. The molecule has 0 aliphatic heterocycles. The summed E-state index contributed by atoms with van der Waals surface area (Å²) in [6.07, 6.45) is 2.63. The summed E-state index contributed by atoms with van der Waals surface area (Å²) < 4.78 is 31.2. The number of carbonyl (C=O) groups excluding carboxylic acids is 1. The molecule has 2 aromatic rings. The number of aryl methyl sites for hydroxylation is 2. The summed E-state index contributed by atoms with van der Waals surface area (Å²) in [5.74, 6) is -0.0689. The van der Waals surface area contributed by atoms with Crippen LogP contribution >= 0.6 is 11.6 Å². The van der Waals surface area contributed by atoms with Crippen molar-refractivity contribution in [3.63, 3.8) is 0 Å². The van der Waals surface area contributed by atoms with Crippen molar-refractivity contribution in [3.05, 3.63) is 58.6 Å². The SMILES string of the molecule is COc1ccc(Cl)cc1N([C@H](C)C(=O)NCCCc1cccc(C)c1)S(C)(=O)=O. The minimum atomic E-state index is -3.76. The fraction of sp³-hybridized carbons (Fsp3) is 0.381. The van der Waals surface area contributed by atoms with Crippen LogP contribution in [-0.4, -0.2) is 40.3 Å². The van der Waals surface area contributed by atoms with Gasteiger partial charge in [-0.3, -0.25) is 9.10 Å². The number of hydrogen-bond acceptors (Lipinski definition) is 4. The minimum Gasteiger partial charge on any atom is -0.495 e. The van der Waals surface area contributed by atoms with Gasteiger partial charge in [-0.25, -0.2) is 8.42 Å². The van der Waals surface area contributed by atoms with Gasteiger partial charge in [0.25, 0.3) is 0 Å². The number of nitrogens with one attached hydrogen (secondary N) is 1. The number of hydrogen-bond donors (Lipinski definition) is 1. The molecule has 0 aliphatic rings. The smallest absolute Gasteiger partial charge is 0.243 e. The third kappa shape index (κ3) is 6.37. The normalized spacial score (nSPS) is 12.3. The molecule has 0 bridgehead atoms. The van der Waals surface area contributed by atoms with E-state index in [1.54, 1.807) is 12.1 Å². The van der Waals surface area contributed by atoms with Gasteiger partial charge in [0.05, 0.1) is 19.1 Å². The molecule has 8 heteroatoms. The fourth-order valence-electron chi connectivity index (χ4n) is 3.14. The van der Waals surface area contributed by atoms with Crippen LogP contribution in [0.15, 0.2) is 42.5 Å². The molecular formula is C21H27ClN2O4S. The van der Waals surface area contributed by atoms with Crippen molar-refractivity contribution < 1.29 is 17.9 Å². The number of methoxy groups -OCH3 is 1. The Bertz CT molecular complexity index is 963. The van der Waals surface area contributed by atoms with Crippen LogP contribution in [0.5, 0.6) is 5.75 Å². The second-order valence-electron chi connectivity index (χ2n) is 6.93. The van der Waals surface area contributed by atoms with Crippen molar-refractivity contribution in [3.8, 4) is 5.75 Å². The number of halogens is 1. The fourth-order valence-corrected chi connectivity index (χ4v) is 4.47. The molecule has 29 heavy (non-hydrogen) atoms. The third-order valence-electron chi connectivity index (χ3n) is 4.49. The number of benzene rings is 2. The van der Waals surface area contributed by atoms with Crippen molar-refractivity contribution in [1.82, 2.24) is 5.32 Å². The van der Waals surface area contributed by atoms with E-state index in [9.17, 15) is 13.2 Å². The van der Waals surface area contributed by atoms with E-state index in [1.807, 2.05) is 25.1 Å². The largest absolute Gasteiger partial charge is 0.495 e. The Labute approximate surface area is 177 Å². The van der Waals surface area contributed by atoms with Crippen molar-refractivity contribution in [2.45, 2.75) is 32.7 Å². The van der Waals surface area contributed by atoms with Crippen LogP contribution in [0.25, 0.3) is 0 Å². The molecule has 0 aliphatic carbocycles. The molecule has 2 rings (SSSR count). The highest BCUT2D eigenvalue weighted by atomic mass is 35.5. The van der Waals surface area contributed by atoms with Gasteiger partial charge >= 0.3 is 0 Å². The molecule has 0 radical (unpaired) electrons. The summed E-state index contributed by atoms with van der Waals surface area (Å²) in [6, 6.07) is 11.9. The highest BCUT2D eigenvalue weighted by Gasteiger charge is 2.31. The standard InChI is InChI=1S/C21H27ClN2O4S/c1-15-7-5-8-17(13-15)9-6-12-23-21(25)16(2)24(29(4,26)27)19-14-18(22)10-11-20(19)28-3/h5,7-8,10-11,13-14,16H,6,9,12H2,1-4H3,(H,23,25)/t16-/m1/s1. The molecular weight excluding hydrogens is 412 g/mol. The number of nitrogens with zero attached hydrogens (tertiary/aromatic N) is 1. The van der Waals surface area contributed by atoms with E-state index in [4.69, 9.17) is 16.3 Å². The van der Waals surface area contributed by atoms with Gasteiger partial charge in [0.1, 0.15) is 11.8 Å². The Hall–Kier alpha value is -2.25. The number of rotatable bonds is 9. The number of anilines is 1. The Morgan fingerprint density at radius 2 is 1.97 bits per heavy atom. The van der Waals surface area contributed by atoms with Crippen LogP contribution in [0.1, 0.15) is 24.5 Å². The van der Waals surface area contributed by atoms with Crippen LogP contribution in [0, 0.1) is 6.92 Å². The predicted molar refractivity (Wildman–Crippen MR) is 117 cm³/mol. The van der Waals surface area contributed by atoms with E-state index in [1.165, 1.54) is 31.2 Å². The van der Waals surface area contributed by atoms with Gasteiger partial charge in [0.15, 0.2) is 0 Å². The number of ether oxygens (including phenoxy) is 1. The van der Waals surface area contributed by atoms with Gasteiger partial charge in [-0.2, -0.15) is 0 Å². The topological polar surface area (TPSA) is 75.7 Å². The first-order valence-electron chi connectivity index (χ1n) is 9.29. The van der Waals surface area contributed by atoms with Crippen LogP contribution in [-0.2, 0) is 21.2 Å². The molecule has 158 valence electrons. The average molecular weight is 439 g/mol. The van der Waals surface area contributed by atoms with Crippen molar-refractivity contribution in [2.75, 3.05) is 24.2 Å². The summed E-state index contributed by atoms with van der Waals surface area (Å²) in [4.78, 5) is 12.7. The number of sulfonamides is 1. The zero-order valence-electron chi connectivity index (χ0n) is 17.1. The minimum absolute atomic E-state index is 0.227. The second kappa shape index (κ2) is 9.98. The lowest BCUT2D eigenvalue weighted by atomic mass is 10.1. The Balaban J connectivity index is 2.08. The second-order valence-corrected chi connectivity index (χ2v) is 9.23. The van der Waals surface area contributed by atoms with Gasteiger partial charge in [-0.05, 0) is 50.5 Å². The van der Waals surface area contributed by atoms with E-state index in [2.05, 4.69) is 11.4 Å². The molecule has 0 saturated heterocycles. The molecule has 1 N–H and O–H groups in total. The lowest BCUT2D eigenvalue weighted by molar-refractivity contribution is -0.121. The number of amides is 1. The maximum Gasteiger partial charge on any atom is 0.243 e. The summed E-state index contributed by atoms with van der Waals surface area (Å²) >= 11 is 6.05. The molecule has 2 aromatic carbocycles. The molecule has 0 spiro atoms. The summed E-state index contributed by atoms with van der Waals surface area (Å²) in [6.45, 7) is 4.02. The molecule has 1 amide bonds. The Morgan fingerprint density at radius 3 is 2.59 bits per heavy atom. The highest BCUT2D eigenvalue weighted by Crippen LogP contribution is 2.34. The van der Waals surface area contributed by atoms with E-state index >= 15 is 0 Å². The van der Waals surface area contributed by atoms with Crippen LogP contribution in [0.4, 0.5) is 5.69 Å². The van der Waals surface area contributed by atoms with E-state index in [-0.39, 0.29) is 11.6 Å². The number of carbonyl (C=O) groups is 1. The van der Waals surface area contributed by atoms with Gasteiger partial charge in [0, 0.05) is 11.6 Å². The molecule has 0 heterocycles. The van der Waals surface area contributed by atoms with Crippen LogP contribution < -0.4 is 14.4 Å². The molecule has 0 saturated carbocycles. The summed E-state index contributed by atoms with van der Waals surface area (Å²) in [7, 11) is -2.32. The quantitative estimate of drug-likeness (QED) is 0.607.